The number of para-hydroxylation sites is 1. The highest BCUT2D eigenvalue weighted by molar-refractivity contribution is 5.85. The molecule has 5 heteroatoms. The lowest BCUT2D eigenvalue weighted by atomic mass is 10.1. The number of ether oxygens (including phenoxy) is 1. The molecule has 0 aliphatic carbocycles. The molecule has 21 heavy (non-hydrogen) atoms. The maximum atomic E-state index is 12.1. The summed E-state index contributed by atoms with van der Waals surface area (Å²) >= 11 is 0. The standard InChI is InChI=1S/C16H24N2O2.ClH/c1-3-13-6-4-5-7-15(13)20-12-16(19)18-10-8-14(17-2)9-11-18;/h4-7,14,17H,3,8-12H2,1-2H3;1H. The normalized spacial score (nSPS) is 15.4. The third kappa shape index (κ3) is 4.90. The molecule has 0 unspecified atom stereocenters. The number of amides is 1. The van der Waals surface area contributed by atoms with Crippen LogP contribution in [0.25, 0.3) is 0 Å². The zero-order valence-corrected chi connectivity index (χ0v) is 13.6. The van der Waals surface area contributed by atoms with E-state index in [1.807, 2.05) is 36.2 Å². The van der Waals surface area contributed by atoms with Crippen molar-refractivity contribution in [3.8, 4) is 5.75 Å². The van der Waals surface area contributed by atoms with Gasteiger partial charge in [0.25, 0.3) is 5.91 Å². The Morgan fingerprint density at radius 3 is 2.62 bits per heavy atom. The molecule has 4 nitrogen and oxygen atoms in total. The summed E-state index contributed by atoms with van der Waals surface area (Å²) in [5, 5.41) is 3.27. The van der Waals surface area contributed by atoms with Gasteiger partial charge in [0, 0.05) is 19.1 Å². The minimum atomic E-state index is 0. The molecule has 2 rings (SSSR count). The van der Waals surface area contributed by atoms with Crippen molar-refractivity contribution >= 4 is 18.3 Å². The molecule has 1 amide bonds. The number of likely N-dealkylation sites (tertiary alicyclic amines) is 1. The van der Waals surface area contributed by atoms with Crippen LogP contribution in [0.5, 0.6) is 5.75 Å². The van der Waals surface area contributed by atoms with E-state index in [0.29, 0.717) is 6.04 Å². The third-order valence-electron chi connectivity index (χ3n) is 3.96. The number of nitrogens with zero attached hydrogens (tertiary/aromatic N) is 1. The maximum absolute atomic E-state index is 12.1. The second kappa shape index (κ2) is 8.90. The molecule has 0 aromatic heterocycles. The van der Waals surface area contributed by atoms with Gasteiger partial charge in [-0.25, -0.2) is 0 Å². The van der Waals surface area contributed by atoms with E-state index in [1.165, 1.54) is 0 Å². The van der Waals surface area contributed by atoms with Gasteiger partial charge < -0.3 is 15.0 Å². The number of hydrogen-bond donors (Lipinski definition) is 1. The van der Waals surface area contributed by atoms with Crippen molar-refractivity contribution in [3.05, 3.63) is 29.8 Å². The summed E-state index contributed by atoms with van der Waals surface area (Å²) in [6.07, 6.45) is 2.96. The van der Waals surface area contributed by atoms with Gasteiger partial charge in [-0.05, 0) is 37.9 Å². The third-order valence-corrected chi connectivity index (χ3v) is 3.96. The van der Waals surface area contributed by atoms with Gasteiger partial charge in [0.2, 0.25) is 0 Å². The predicted octanol–water partition coefficient (Wildman–Crippen LogP) is 2.26. The van der Waals surface area contributed by atoms with Crippen molar-refractivity contribution in [3.63, 3.8) is 0 Å². The van der Waals surface area contributed by atoms with Crippen LogP contribution in [0.15, 0.2) is 24.3 Å². The number of piperidine rings is 1. The van der Waals surface area contributed by atoms with E-state index in [1.54, 1.807) is 0 Å². The number of benzene rings is 1. The average Bonchev–Trinajstić information content (AvgIpc) is 2.53. The summed E-state index contributed by atoms with van der Waals surface area (Å²) in [5.74, 6) is 0.916. The molecular weight excluding hydrogens is 288 g/mol. The van der Waals surface area contributed by atoms with Gasteiger partial charge in [0.15, 0.2) is 6.61 Å². The van der Waals surface area contributed by atoms with E-state index in [9.17, 15) is 4.79 Å². The average molecular weight is 313 g/mol. The SMILES string of the molecule is CCc1ccccc1OCC(=O)N1CCC(NC)CC1.Cl. The number of halogens is 1. The lowest BCUT2D eigenvalue weighted by molar-refractivity contribution is -0.134. The fraction of sp³-hybridized carbons (Fsp3) is 0.562. The smallest absolute Gasteiger partial charge is 0.260 e. The number of carbonyl (C=O) groups is 1. The van der Waals surface area contributed by atoms with Crippen molar-refractivity contribution in [1.29, 1.82) is 0 Å². The van der Waals surface area contributed by atoms with Crippen LogP contribution in [-0.4, -0.2) is 43.6 Å². The molecule has 0 spiro atoms. The Balaban J connectivity index is 0.00000220. The Morgan fingerprint density at radius 2 is 2.00 bits per heavy atom. The molecule has 0 saturated carbocycles. The van der Waals surface area contributed by atoms with Gasteiger partial charge in [-0.15, -0.1) is 12.4 Å². The molecule has 1 N–H and O–H groups in total. The molecule has 1 fully saturated rings. The molecule has 1 saturated heterocycles. The van der Waals surface area contributed by atoms with Crippen LogP contribution in [0.4, 0.5) is 0 Å². The number of hydrogen-bond acceptors (Lipinski definition) is 3. The number of carbonyl (C=O) groups excluding carboxylic acids is 1. The lowest BCUT2D eigenvalue weighted by Crippen LogP contribution is -2.45. The first-order valence-electron chi connectivity index (χ1n) is 7.40. The van der Waals surface area contributed by atoms with E-state index in [2.05, 4.69) is 12.2 Å². The van der Waals surface area contributed by atoms with Crippen LogP contribution < -0.4 is 10.1 Å². The largest absolute Gasteiger partial charge is 0.483 e. The Hall–Kier alpha value is -1.26. The van der Waals surface area contributed by atoms with Gasteiger partial charge in [-0.2, -0.15) is 0 Å². The summed E-state index contributed by atoms with van der Waals surface area (Å²) in [7, 11) is 1.98. The van der Waals surface area contributed by atoms with Crippen molar-refractivity contribution in [2.75, 3.05) is 26.7 Å². The second-order valence-electron chi connectivity index (χ2n) is 5.19. The highest BCUT2D eigenvalue weighted by atomic mass is 35.5. The summed E-state index contributed by atoms with van der Waals surface area (Å²) in [6, 6.07) is 8.45. The first kappa shape index (κ1) is 17.8. The molecule has 0 bridgehead atoms. The monoisotopic (exact) mass is 312 g/mol. The summed E-state index contributed by atoms with van der Waals surface area (Å²) in [5.41, 5.74) is 1.15. The van der Waals surface area contributed by atoms with Crippen molar-refractivity contribution in [1.82, 2.24) is 10.2 Å². The van der Waals surface area contributed by atoms with Crippen LogP contribution in [-0.2, 0) is 11.2 Å². The van der Waals surface area contributed by atoms with Gasteiger partial charge >= 0.3 is 0 Å². The fourth-order valence-corrected chi connectivity index (χ4v) is 2.59. The van der Waals surface area contributed by atoms with E-state index in [0.717, 1.165) is 43.7 Å². The lowest BCUT2D eigenvalue weighted by Gasteiger charge is -2.31. The van der Waals surface area contributed by atoms with Crippen LogP contribution in [0, 0.1) is 0 Å². The highest BCUT2D eigenvalue weighted by Gasteiger charge is 2.22. The van der Waals surface area contributed by atoms with E-state index >= 15 is 0 Å². The van der Waals surface area contributed by atoms with Crippen LogP contribution in [0.2, 0.25) is 0 Å². The van der Waals surface area contributed by atoms with Crippen LogP contribution in [0.1, 0.15) is 25.3 Å². The summed E-state index contributed by atoms with van der Waals surface area (Å²) in [6.45, 7) is 3.88. The van der Waals surface area contributed by atoms with Crippen LogP contribution in [0.3, 0.4) is 0 Å². The summed E-state index contributed by atoms with van der Waals surface area (Å²) < 4.78 is 5.69. The van der Waals surface area contributed by atoms with Gasteiger partial charge in [0.1, 0.15) is 5.75 Å². The molecule has 1 aliphatic heterocycles. The number of rotatable bonds is 5. The molecule has 0 atom stereocenters. The van der Waals surface area contributed by atoms with Gasteiger partial charge in [-0.3, -0.25) is 4.79 Å². The fourth-order valence-electron chi connectivity index (χ4n) is 2.59. The van der Waals surface area contributed by atoms with E-state index in [-0.39, 0.29) is 24.9 Å². The maximum Gasteiger partial charge on any atom is 0.260 e. The Kier molecular flexibility index (Phi) is 7.54. The Bertz CT molecular complexity index is 446. The molecule has 1 aromatic carbocycles. The Labute approximate surface area is 133 Å². The highest BCUT2D eigenvalue weighted by Crippen LogP contribution is 2.18. The van der Waals surface area contributed by atoms with Crippen molar-refractivity contribution in [2.45, 2.75) is 32.2 Å². The molecular formula is C16H25ClN2O2. The quantitative estimate of drug-likeness (QED) is 0.907. The Morgan fingerprint density at radius 1 is 1.33 bits per heavy atom. The van der Waals surface area contributed by atoms with Crippen LogP contribution >= 0.6 is 12.4 Å². The van der Waals surface area contributed by atoms with Crippen molar-refractivity contribution < 1.29 is 9.53 Å². The van der Waals surface area contributed by atoms with E-state index in [4.69, 9.17) is 4.74 Å². The number of nitrogens with one attached hydrogen (secondary N) is 1. The topological polar surface area (TPSA) is 41.6 Å². The molecule has 1 aliphatic rings. The predicted molar refractivity (Wildman–Crippen MR) is 87.2 cm³/mol. The molecule has 0 radical (unpaired) electrons. The first-order chi connectivity index (χ1) is 9.74. The zero-order chi connectivity index (χ0) is 14.4. The molecule has 1 heterocycles. The summed E-state index contributed by atoms with van der Waals surface area (Å²) in [4.78, 5) is 14.1. The second-order valence-corrected chi connectivity index (χ2v) is 5.19. The van der Waals surface area contributed by atoms with Gasteiger partial charge in [0.05, 0.1) is 0 Å². The molecule has 1 aromatic rings. The first-order valence-corrected chi connectivity index (χ1v) is 7.40. The number of aryl methyl sites for hydroxylation is 1. The minimum Gasteiger partial charge on any atom is -0.483 e. The minimum absolute atomic E-state index is 0. The van der Waals surface area contributed by atoms with Gasteiger partial charge in [-0.1, -0.05) is 25.1 Å². The van der Waals surface area contributed by atoms with Crippen molar-refractivity contribution in [2.24, 2.45) is 0 Å². The molecule has 118 valence electrons. The zero-order valence-electron chi connectivity index (χ0n) is 12.8. The van der Waals surface area contributed by atoms with E-state index < -0.39 is 0 Å².